The van der Waals surface area contributed by atoms with Crippen molar-refractivity contribution >= 4 is 37.3 Å². The first-order valence-electron chi connectivity index (χ1n) is 6.01. The van der Waals surface area contributed by atoms with Crippen molar-refractivity contribution in [2.24, 2.45) is 0 Å². The molecule has 1 aliphatic rings. The van der Waals surface area contributed by atoms with E-state index in [9.17, 15) is 17.6 Å². The molecule has 0 radical (unpaired) electrons. The smallest absolute Gasteiger partial charge is 0.341 e. The Morgan fingerprint density at radius 2 is 2.19 bits per heavy atom. The van der Waals surface area contributed by atoms with Crippen LogP contribution >= 0.6 is 22.3 Å². The zero-order chi connectivity index (χ0) is 15.6. The van der Waals surface area contributed by atoms with E-state index in [0.29, 0.717) is 6.61 Å². The van der Waals surface area contributed by atoms with Crippen LogP contribution in [0.5, 0.6) is 0 Å². The maximum absolute atomic E-state index is 14.0. The molecule has 5 nitrogen and oxygen atoms in total. The van der Waals surface area contributed by atoms with Crippen LogP contribution in [0, 0.1) is 5.82 Å². The zero-order valence-corrected chi connectivity index (χ0v) is 13.0. The summed E-state index contributed by atoms with van der Waals surface area (Å²) < 4.78 is 46.7. The van der Waals surface area contributed by atoms with Crippen LogP contribution in [0.15, 0.2) is 17.0 Å². The third-order valence-corrected chi connectivity index (χ3v) is 4.45. The number of carbonyl (C=O) groups excluding carboxylic acids is 1. The highest BCUT2D eigenvalue weighted by atomic mass is 35.7. The van der Waals surface area contributed by atoms with Gasteiger partial charge >= 0.3 is 5.97 Å². The quantitative estimate of drug-likeness (QED) is 0.612. The van der Waals surface area contributed by atoms with Crippen molar-refractivity contribution in [1.82, 2.24) is 0 Å². The van der Waals surface area contributed by atoms with Gasteiger partial charge in [0.2, 0.25) is 0 Å². The van der Waals surface area contributed by atoms with Crippen LogP contribution < -0.4 is 0 Å². The van der Waals surface area contributed by atoms with Crippen LogP contribution in [-0.2, 0) is 18.5 Å². The summed E-state index contributed by atoms with van der Waals surface area (Å²) in [4.78, 5) is 11.0. The molecule has 2 rings (SSSR count). The van der Waals surface area contributed by atoms with Gasteiger partial charge < -0.3 is 9.47 Å². The Morgan fingerprint density at radius 1 is 1.48 bits per heavy atom. The van der Waals surface area contributed by atoms with E-state index in [0.717, 1.165) is 25.0 Å². The number of hydrogen-bond donors (Lipinski definition) is 0. The summed E-state index contributed by atoms with van der Waals surface area (Å²) in [7, 11) is 0.732. The monoisotopic (exact) mass is 356 g/mol. The molecule has 0 bridgehead atoms. The maximum atomic E-state index is 14.0. The first-order valence-corrected chi connectivity index (χ1v) is 8.70. The lowest BCUT2D eigenvalue weighted by atomic mass is 10.2. The van der Waals surface area contributed by atoms with Gasteiger partial charge in [-0.3, -0.25) is 0 Å². The Morgan fingerprint density at radius 3 is 2.76 bits per heavy atom. The van der Waals surface area contributed by atoms with Gasteiger partial charge in [-0.1, -0.05) is 11.6 Å². The lowest BCUT2D eigenvalue weighted by molar-refractivity contribution is 0.0157. The Hall–Kier alpha value is -0.890. The van der Waals surface area contributed by atoms with Crippen LogP contribution in [0.4, 0.5) is 4.39 Å². The predicted molar refractivity (Wildman–Crippen MR) is 73.7 cm³/mol. The minimum atomic E-state index is -4.36. The molecule has 1 heterocycles. The molecular weight excluding hydrogens is 346 g/mol. The number of ether oxygens (including phenoxy) is 2. The minimum absolute atomic E-state index is 0.0340. The van der Waals surface area contributed by atoms with E-state index in [4.69, 9.17) is 31.8 Å². The van der Waals surface area contributed by atoms with E-state index in [2.05, 4.69) is 0 Å². The lowest BCUT2D eigenvalue weighted by Gasteiger charge is -2.11. The van der Waals surface area contributed by atoms with Crippen molar-refractivity contribution in [3.8, 4) is 0 Å². The molecule has 1 saturated heterocycles. The molecule has 0 N–H and O–H groups in total. The molecule has 1 aromatic rings. The molecule has 0 aliphatic carbocycles. The van der Waals surface area contributed by atoms with Crippen LogP contribution in [0.1, 0.15) is 23.2 Å². The molecule has 21 heavy (non-hydrogen) atoms. The molecule has 1 aromatic carbocycles. The third-order valence-electron chi connectivity index (χ3n) is 2.91. The molecule has 0 amide bonds. The average molecular weight is 357 g/mol. The second kappa shape index (κ2) is 6.48. The van der Waals surface area contributed by atoms with E-state index in [1.165, 1.54) is 0 Å². The van der Waals surface area contributed by atoms with Crippen molar-refractivity contribution in [2.75, 3.05) is 13.2 Å². The average Bonchev–Trinajstić information content (AvgIpc) is 2.90. The van der Waals surface area contributed by atoms with Gasteiger partial charge in [-0.25, -0.2) is 17.6 Å². The molecule has 0 spiro atoms. The van der Waals surface area contributed by atoms with Gasteiger partial charge in [0.05, 0.1) is 11.7 Å². The standard InChI is InChI=1S/C12H11Cl2FO5S/c13-7-4-9(11(15)10(5-7)21(14,17)18)12(16)20-6-8-2-1-3-19-8/h4-5,8H,1-3,6H2. The topological polar surface area (TPSA) is 69.7 Å². The lowest BCUT2D eigenvalue weighted by Crippen LogP contribution is -2.19. The van der Waals surface area contributed by atoms with Crippen molar-refractivity contribution in [3.05, 3.63) is 28.5 Å². The van der Waals surface area contributed by atoms with Gasteiger partial charge in [-0.05, 0) is 25.0 Å². The number of rotatable bonds is 4. The van der Waals surface area contributed by atoms with E-state index in [-0.39, 0.29) is 17.7 Å². The fraction of sp³-hybridized carbons (Fsp3) is 0.417. The molecule has 0 aromatic heterocycles. The van der Waals surface area contributed by atoms with Gasteiger partial charge in [0, 0.05) is 22.3 Å². The van der Waals surface area contributed by atoms with Crippen LogP contribution in [0.25, 0.3) is 0 Å². The fourth-order valence-electron chi connectivity index (χ4n) is 1.91. The van der Waals surface area contributed by atoms with Gasteiger partial charge in [0.25, 0.3) is 9.05 Å². The highest BCUT2D eigenvalue weighted by Crippen LogP contribution is 2.27. The first kappa shape index (κ1) is 16.5. The highest BCUT2D eigenvalue weighted by Gasteiger charge is 2.25. The van der Waals surface area contributed by atoms with Gasteiger partial charge in [-0.15, -0.1) is 0 Å². The third kappa shape index (κ3) is 4.06. The summed E-state index contributed by atoms with van der Waals surface area (Å²) in [6.45, 7) is 0.552. The van der Waals surface area contributed by atoms with Gasteiger partial charge in [0.15, 0.2) is 5.82 Å². The second-order valence-corrected chi connectivity index (χ2v) is 7.41. The van der Waals surface area contributed by atoms with E-state index >= 15 is 0 Å². The molecule has 9 heteroatoms. The van der Waals surface area contributed by atoms with Gasteiger partial charge in [-0.2, -0.15) is 0 Å². The first-order chi connectivity index (χ1) is 9.79. The number of halogens is 3. The van der Waals surface area contributed by atoms with Crippen LogP contribution in [-0.4, -0.2) is 33.7 Å². The molecular formula is C12H11Cl2FO5S. The fourth-order valence-corrected chi connectivity index (χ4v) is 3.12. The Kier molecular flexibility index (Phi) is 5.08. The Labute approximate surface area is 130 Å². The van der Waals surface area contributed by atoms with Crippen LogP contribution in [0.3, 0.4) is 0 Å². The summed E-state index contributed by atoms with van der Waals surface area (Å²) in [6.07, 6.45) is 1.38. The minimum Gasteiger partial charge on any atom is -0.459 e. The second-order valence-electron chi connectivity index (χ2n) is 4.44. The molecule has 1 fully saturated rings. The largest absolute Gasteiger partial charge is 0.459 e. The zero-order valence-electron chi connectivity index (χ0n) is 10.6. The molecule has 116 valence electrons. The number of esters is 1. The summed E-state index contributed by atoms with van der Waals surface area (Å²) in [6, 6.07) is 1.82. The SMILES string of the molecule is O=C(OCC1CCCO1)c1cc(Cl)cc(S(=O)(=O)Cl)c1F. The normalized spacial score (nSPS) is 18.7. The molecule has 0 saturated carbocycles. The molecule has 1 atom stereocenters. The van der Waals surface area contributed by atoms with E-state index < -0.39 is 31.3 Å². The summed E-state index contributed by atoms with van der Waals surface area (Å²) in [5, 5.41) is -0.139. The van der Waals surface area contributed by atoms with Crippen molar-refractivity contribution in [1.29, 1.82) is 0 Å². The van der Waals surface area contributed by atoms with Crippen molar-refractivity contribution in [3.63, 3.8) is 0 Å². The number of carbonyl (C=O) groups is 1. The number of benzene rings is 1. The summed E-state index contributed by atoms with van der Waals surface area (Å²) in [5.41, 5.74) is -0.584. The highest BCUT2D eigenvalue weighted by molar-refractivity contribution is 8.13. The van der Waals surface area contributed by atoms with E-state index in [1.807, 2.05) is 0 Å². The number of hydrogen-bond acceptors (Lipinski definition) is 5. The van der Waals surface area contributed by atoms with Gasteiger partial charge in [0.1, 0.15) is 11.5 Å². The van der Waals surface area contributed by atoms with E-state index in [1.54, 1.807) is 0 Å². The predicted octanol–water partition coefficient (Wildman–Crippen LogP) is 2.74. The van der Waals surface area contributed by atoms with Crippen molar-refractivity contribution < 1.29 is 27.1 Å². The summed E-state index contributed by atoms with van der Waals surface area (Å²) in [5.74, 6) is -2.31. The Balaban J connectivity index is 2.22. The molecule has 1 aliphatic heterocycles. The Bertz CT molecular complexity index is 656. The van der Waals surface area contributed by atoms with Crippen molar-refractivity contribution in [2.45, 2.75) is 23.8 Å². The summed E-state index contributed by atoms with van der Waals surface area (Å²) >= 11 is 5.68. The maximum Gasteiger partial charge on any atom is 0.341 e. The van der Waals surface area contributed by atoms with Crippen LogP contribution in [0.2, 0.25) is 5.02 Å². The molecule has 1 unspecified atom stereocenters.